The minimum absolute atomic E-state index is 0.00288. The number of carbonyl (C=O) groups excluding carboxylic acids is 2. The van der Waals surface area contributed by atoms with E-state index in [2.05, 4.69) is 13.8 Å². The maximum Gasteiger partial charge on any atom is 0.305 e. The van der Waals surface area contributed by atoms with E-state index < -0.39 is 0 Å². The first-order chi connectivity index (χ1) is 17.7. The lowest BCUT2D eigenvalue weighted by Gasteiger charge is -2.05. The van der Waals surface area contributed by atoms with Crippen LogP contribution in [0.15, 0.2) is 0 Å². The molecule has 0 atom stereocenters. The molecule has 0 saturated carbocycles. The predicted molar refractivity (Wildman–Crippen MR) is 153 cm³/mol. The fourth-order valence-electron chi connectivity index (χ4n) is 4.59. The van der Waals surface area contributed by atoms with E-state index in [9.17, 15) is 9.59 Å². The molecule has 0 saturated heterocycles. The summed E-state index contributed by atoms with van der Waals surface area (Å²) < 4.78 is 10.6. The van der Waals surface area contributed by atoms with Gasteiger partial charge in [0, 0.05) is 12.8 Å². The zero-order valence-electron chi connectivity index (χ0n) is 24.4. The Morgan fingerprint density at radius 1 is 0.361 bits per heavy atom. The van der Waals surface area contributed by atoms with Gasteiger partial charge in [0.15, 0.2) is 0 Å². The van der Waals surface area contributed by atoms with Crippen molar-refractivity contribution < 1.29 is 19.1 Å². The van der Waals surface area contributed by atoms with E-state index in [-0.39, 0.29) is 11.9 Å². The Morgan fingerprint density at radius 3 is 0.889 bits per heavy atom. The molecular weight excluding hydrogens is 448 g/mol. The molecule has 4 heteroatoms. The fraction of sp³-hybridized carbons (Fsp3) is 0.938. The summed E-state index contributed by atoms with van der Waals surface area (Å²) in [7, 11) is 0. The fourth-order valence-corrected chi connectivity index (χ4v) is 4.59. The molecule has 0 heterocycles. The number of carbonyl (C=O) groups is 2. The molecule has 0 aliphatic carbocycles. The van der Waals surface area contributed by atoms with Gasteiger partial charge in [-0.2, -0.15) is 0 Å². The van der Waals surface area contributed by atoms with E-state index in [1.165, 1.54) is 116 Å². The minimum Gasteiger partial charge on any atom is -0.466 e. The molecule has 0 aliphatic rings. The second-order valence-electron chi connectivity index (χ2n) is 10.7. The van der Waals surface area contributed by atoms with Gasteiger partial charge in [-0.25, -0.2) is 0 Å². The van der Waals surface area contributed by atoms with Crippen molar-refractivity contribution in [1.29, 1.82) is 0 Å². The van der Waals surface area contributed by atoms with Gasteiger partial charge in [-0.15, -0.1) is 0 Å². The van der Waals surface area contributed by atoms with Crippen molar-refractivity contribution in [1.82, 2.24) is 0 Å². The molecule has 214 valence electrons. The monoisotopic (exact) mass is 510 g/mol. The van der Waals surface area contributed by atoms with E-state index in [1.54, 1.807) is 0 Å². The summed E-state index contributed by atoms with van der Waals surface area (Å²) in [6, 6.07) is 0. The van der Waals surface area contributed by atoms with Crippen LogP contribution in [0.3, 0.4) is 0 Å². The number of esters is 2. The van der Waals surface area contributed by atoms with Crippen molar-refractivity contribution in [3.63, 3.8) is 0 Å². The van der Waals surface area contributed by atoms with Crippen molar-refractivity contribution >= 4 is 11.9 Å². The molecule has 0 fully saturated rings. The normalized spacial score (nSPS) is 11.1. The van der Waals surface area contributed by atoms with Crippen molar-refractivity contribution in [2.75, 3.05) is 13.2 Å². The van der Waals surface area contributed by atoms with Gasteiger partial charge >= 0.3 is 11.9 Å². The summed E-state index contributed by atoms with van der Waals surface area (Å²) in [6.07, 6.45) is 30.8. The van der Waals surface area contributed by atoms with Crippen LogP contribution in [-0.4, -0.2) is 25.2 Å². The molecule has 0 aromatic rings. The Balaban J connectivity index is 3.16. The second-order valence-corrected chi connectivity index (χ2v) is 10.7. The highest BCUT2D eigenvalue weighted by atomic mass is 16.5. The molecule has 0 aliphatic heterocycles. The number of hydrogen-bond acceptors (Lipinski definition) is 4. The Kier molecular flexibility index (Phi) is 29.3. The molecule has 0 rings (SSSR count). The summed E-state index contributed by atoms with van der Waals surface area (Å²) in [5.41, 5.74) is 0. The molecule has 0 N–H and O–H groups in total. The lowest BCUT2D eigenvalue weighted by molar-refractivity contribution is -0.144. The molecule has 36 heavy (non-hydrogen) atoms. The smallest absolute Gasteiger partial charge is 0.305 e. The Labute approximate surface area is 225 Å². The third kappa shape index (κ3) is 29.2. The largest absolute Gasteiger partial charge is 0.466 e. The molecule has 0 unspecified atom stereocenters. The van der Waals surface area contributed by atoms with Gasteiger partial charge in [0.1, 0.15) is 0 Å². The number of unbranched alkanes of at least 4 members (excludes halogenated alkanes) is 21. The Morgan fingerprint density at radius 2 is 0.611 bits per heavy atom. The Hall–Kier alpha value is -1.06. The first kappa shape index (κ1) is 34.9. The molecule has 0 aromatic carbocycles. The summed E-state index contributed by atoms with van der Waals surface area (Å²) in [5, 5.41) is 0. The van der Waals surface area contributed by atoms with Gasteiger partial charge in [-0.3, -0.25) is 9.59 Å². The SMILES string of the molecule is CCCCCCOC(=O)CCCCCCCCCCCCCCCCCCC(=O)OCCCCCC. The third-order valence-electron chi connectivity index (χ3n) is 7.03. The summed E-state index contributed by atoms with van der Waals surface area (Å²) >= 11 is 0. The zero-order chi connectivity index (χ0) is 26.4. The van der Waals surface area contributed by atoms with Crippen LogP contribution in [0.5, 0.6) is 0 Å². The van der Waals surface area contributed by atoms with Crippen LogP contribution < -0.4 is 0 Å². The highest BCUT2D eigenvalue weighted by molar-refractivity contribution is 5.69. The number of ether oxygens (including phenoxy) is 2. The lowest BCUT2D eigenvalue weighted by Crippen LogP contribution is -2.05. The maximum absolute atomic E-state index is 11.7. The van der Waals surface area contributed by atoms with Gasteiger partial charge in [0.05, 0.1) is 13.2 Å². The van der Waals surface area contributed by atoms with Crippen LogP contribution in [0.1, 0.15) is 181 Å². The van der Waals surface area contributed by atoms with Gasteiger partial charge in [-0.1, -0.05) is 142 Å². The van der Waals surface area contributed by atoms with Crippen molar-refractivity contribution in [3.8, 4) is 0 Å². The first-order valence-electron chi connectivity index (χ1n) is 16.0. The first-order valence-corrected chi connectivity index (χ1v) is 16.0. The van der Waals surface area contributed by atoms with E-state index >= 15 is 0 Å². The van der Waals surface area contributed by atoms with Gasteiger partial charge in [-0.05, 0) is 25.7 Å². The van der Waals surface area contributed by atoms with Gasteiger partial charge in [0.25, 0.3) is 0 Å². The minimum atomic E-state index is -0.00288. The number of rotatable bonds is 29. The van der Waals surface area contributed by atoms with Crippen molar-refractivity contribution in [2.45, 2.75) is 181 Å². The highest BCUT2D eigenvalue weighted by Crippen LogP contribution is 2.15. The molecule has 0 radical (unpaired) electrons. The predicted octanol–water partition coefficient (Wildman–Crippen LogP) is 10.3. The molecule has 0 spiro atoms. The van der Waals surface area contributed by atoms with Crippen LogP contribution in [0.25, 0.3) is 0 Å². The molecule has 0 aromatic heterocycles. The van der Waals surface area contributed by atoms with E-state index in [0.29, 0.717) is 26.1 Å². The summed E-state index contributed by atoms with van der Waals surface area (Å²) in [5.74, 6) is -0.00576. The molecule has 4 nitrogen and oxygen atoms in total. The van der Waals surface area contributed by atoms with Crippen LogP contribution in [0, 0.1) is 0 Å². The van der Waals surface area contributed by atoms with Crippen LogP contribution >= 0.6 is 0 Å². The highest BCUT2D eigenvalue weighted by Gasteiger charge is 2.03. The van der Waals surface area contributed by atoms with E-state index in [0.717, 1.165) is 38.5 Å². The van der Waals surface area contributed by atoms with Crippen LogP contribution in [0.4, 0.5) is 0 Å². The zero-order valence-corrected chi connectivity index (χ0v) is 24.4. The quantitative estimate of drug-likeness (QED) is 0.0741. The number of hydrogen-bond donors (Lipinski definition) is 0. The van der Waals surface area contributed by atoms with Crippen molar-refractivity contribution in [2.24, 2.45) is 0 Å². The average molecular weight is 511 g/mol. The maximum atomic E-state index is 11.7. The lowest BCUT2D eigenvalue weighted by atomic mass is 10.0. The van der Waals surface area contributed by atoms with Crippen LogP contribution in [-0.2, 0) is 19.1 Å². The second kappa shape index (κ2) is 30.2. The molecule has 0 bridgehead atoms. The standard InChI is InChI=1S/C32H62O4/c1-3-5-7-25-29-35-31(33)27-23-21-19-17-15-13-11-9-10-12-14-16-18-20-22-24-28-32(34)36-30-26-8-6-4-2/h3-30H2,1-2H3. The average Bonchev–Trinajstić information content (AvgIpc) is 2.87. The molecule has 0 amide bonds. The molecular formula is C32H62O4. The van der Waals surface area contributed by atoms with Crippen LogP contribution in [0.2, 0.25) is 0 Å². The topological polar surface area (TPSA) is 52.6 Å². The van der Waals surface area contributed by atoms with E-state index in [1.807, 2.05) is 0 Å². The summed E-state index contributed by atoms with van der Waals surface area (Å²) in [6.45, 7) is 5.60. The third-order valence-corrected chi connectivity index (χ3v) is 7.03. The Bertz CT molecular complexity index is 421. The summed E-state index contributed by atoms with van der Waals surface area (Å²) in [4.78, 5) is 23.3. The van der Waals surface area contributed by atoms with Gasteiger partial charge < -0.3 is 9.47 Å². The van der Waals surface area contributed by atoms with E-state index in [4.69, 9.17) is 9.47 Å². The van der Waals surface area contributed by atoms with Gasteiger partial charge in [0.2, 0.25) is 0 Å². The van der Waals surface area contributed by atoms with Crippen molar-refractivity contribution in [3.05, 3.63) is 0 Å².